The summed E-state index contributed by atoms with van der Waals surface area (Å²) < 4.78 is 16.5. The molecule has 104 valence electrons. The van der Waals surface area contributed by atoms with Crippen LogP contribution >= 0.6 is 0 Å². The van der Waals surface area contributed by atoms with Gasteiger partial charge >= 0.3 is 0 Å². The highest BCUT2D eigenvalue weighted by atomic mass is 16.7. The van der Waals surface area contributed by atoms with Gasteiger partial charge in [0.25, 0.3) is 0 Å². The Balaban J connectivity index is 1.88. The van der Waals surface area contributed by atoms with Crippen LogP contribution in [0.25, 0.3) is 0 Å². The molecule has 4 heteroatoms. The van der Waals surface area contributed by atoms with E-state index in [9.17, 15) is 4.79 Å². The van der Waals surface area contributed by atoms with Crippen LogP contribution in [0.15, 0.2) is 47.1 Å². The maximum atomic E-state index is 12.2. The summed E-state index contributed by atoms with van der Waals surface area (Å²) >= 11 is 0. The number of benzene rings is 1. The molecule has 4 nitrogen and oxygen atoms in total. The van der Waals surface area contributed by atoms with Crippen LogP contribution in [0.5, 0.6) is 0 Å². The van der Waals surface area contributed by atoms with E-state index >= 15 is 0 Å². The topological polar surface area (TPSA) is 48.7 Å². The summed E-state index contributed by atoms with van der Waals surface area (Å²) in [6.45, 7) is 3.02. The molecule has 1 aromatic carbocycles. The molecule has 1 aromatic heterocycles. The maximum absolute atomic E-state index is 12.2. The minimum atomic E-state index is -0.764. The van der Waals surface area contributed by atoms with Crippen LogP contribution in [0, 0.1) is 0 Å². The van der Waals surface area contributed by atoms with Gasteiger partial charge in [0, 0.05) is 12.0 Å². The summed E-state index contributed by atoms with van der Waals surface area (Å²) in [4.78, 5) is 12.2. The number of rotatable bonds is 4. The highest BCUT2D eigenvalue weighted by Gasteiger charge is 2.35. The van der Waals surface area contributed by atoms with E-state index in [1.807, 2.05) is 31.2 Å². The average Bonchev–Trinajstić information content (AvgIpc) is 3.11. The first-order valence-electron chi connectivity index (χ1n) is 6.62. The summed E-state index contributed by atoms with van der Waals surface area (Å²) in [5.41, 5.74) is 1.80. The van der Waals surface area contributed by atoms with Gasteiger partial charge in [-0.3, -0.25) is 4.79 Å². The number of ether oxygens (including phenoxy) is 2. The van der Waals surface area contributed by atoms with Crippen LogP contribution in [0.1, 0.15) is 28.6 Å². The van der Waals surface area contributed by atoms with Crippen molar-refractivity contribution in [2.24, 2.45) is 0 Å². The molecule has 0 spiro atoms. The molecule has 20 heavy (non-hydrogen) atoms. The summed E-state index contributed by atoms with van der Waals surface area (Å²) in [6, 6.07) is 11.1. The summed E-state index contributed by atoms with van der Waals surface area (Å²) in [5.74, 6) is -0.442. The number of Topliss-reactive ketones (excluding diaryl/α,β-unsaturated/α-hetero) is 1. The molecule has 1 saturated heterocycles. The lowest BCUT2D eigenvalue weighted by atomic mass is 9.96. The van der Waals surface area contributed by atoms with Gasteiger partial charge in [0.15, 0.2) is 11.5 Å². The van der Waals surface area contributed by atoms with Gasteiger partial charge in [0.2, 0.25) is 5.78 Å². The van der Waals surface area contributed by atoms with Crippen LogP contribution < -0.4 is 0 Å². The fourth-order valence-electron chi connectivity index (χ4n) is 2.48. The predicted molar refractivity (Wildman–Crippen MR) is 72.4 cm³/mol. The third-order valence-corrected chi connectivity index (χ3v) is 3.49. The Morgan fingerprint density at radius 3 is 2.60 bits per heavy atom. The lowest BCUT2D eigenvalue weighted by Crippen LogP contribution is -2.24. The van der Waals surface area contributed by atoms with Crippen molar-refractivity contribution in [1.82, 2.24) is 0 Å². The van der Waals surface area contributed by atoms with Crippen LogP contribution in [-0.2, 0) is 21.7 Å². The van der Waals surface area contributed by atoms with Gasteiger partial charge < -0.3 is 13.9 Å². The second kappa shape index (κ2) is 5.23. The van der Waals surface area contributed by atoms with Crippen molar-refractivity contribution in [3.63, 3.8) is 0 Å². The lowest BCUT2D eigenvalue weighted by Gasteiger charge is -2.25. The molecule has 1 aliphatic heterocycles. The Kier molecular flexibility index (Phi) is 3.42. The van der Waals surface area contributed by atoms with Gasteiger partial charge in [0.1, 0.15) is 0 Å². The van der Waals surface area contributed by atoms with Gasteiger partial charge in [-0.15, -0.1) is 0 Å². The van der Waals surface area contributed by atoms with E-state index in [-0.39, 0.29) is 12.2 Å². The Bertz CT molecular complexity index is 595. The number of hydrogen-bond acceptors (Lipinski definition) is 4. The van der Waals surface area contributed by atoms with Crippen molar-refractivity contribution in [2.75, 3.05) is 13.2 Å². The molecule has 0 unspecified atom stereocenters. The van der Waals surface area contributed by atoms with Crippen molar-refractivity contribution < 1.29 is 18.7 Å². The third-order valence-electron chi connectivity index (χ3n) is 3.49. The van der Waals surface area contributed by atoms with E-state index in [0.717, 1.165) is 11.1 Å². The zero-order valence-electron chi connectivity index (χ0n) is 11.3. The fraction of sp³-hybridized carbons (Fsp3) is 0.312. The summed E-state index contributed by atoms with van der Waals surface area (Å²) in [7, 11) is 0. The molecular weight excluding hydrogens is 256 g/mol. The predicted octanol–water partition coefficient (Wildman–Crippen LogP) is 2.92. The SMILES string of the molecule is CC1(c2ccccc2CC(=O)c2ccco2)OCCO1. The summed E-state index contributed by atoms with van der Waals surface area (Å²) in [5, 5.41) is 0. The molecule has 2 heterocycles. The first kappa shape index (κ1) is 13.1. The summed E-state index contributed by atoms with van der Waals surface area (Å²) in [6.07, 6.45) is 1.77. The van der Waals surface area contributed by atoms with Crippen LogP contribution in [-0.4, -0.2) is 19.0 Å². The molecule has 0 amide bonds. The van der Waals surface area contributed by atoms with Crippen molar-refractivity contribution >= 4 is 5.78 Å². The minimum absolute atomic E-state index is 0.0518. The van der Waals surface area contributed by atoms with Crippen LogP contribution in [0.3, 0.4) is 0 Å². The molecule has 0 atom stereocenters. The second-order valence-corrected chi connectivity index (χ2v) is 4.88. The molecule has 1 fully saturated rings. The normalized spacial score (nSPS) is 17.2. The first-order chi connectivity index (χ1) is 9.69. The van der Waals surface area contributed by atoms with Gasteiger partial charge in [-0.1, -0.05) is 24.3 Å². The average molecular weight is 272 g/mol. The zero-order chi connectivity index (χ0) is 14.0. The number of furan rings is 1. The first-order valence-corrected chi connectivity index (χ1v) is 6.62. The standard InChI is InChI=1S/C16H16O4/c1-16(19-9-10-20-16)13-6-3-2-5-12(13)11-14(17)15-7-4-8-18-15/h2-8H,9-11H2,1H3. The zero-order valence-corrected chi connectivity index (χ0v) is 11.3. The molecule has 3 rings (SSSR count). The minimum Gasteiger partial charge on any atom is -0.461 e. The van der Waals surface area contributed by atoms with Gasteiger partial charge in [0.05, 0.1) is 19.5 Å². The monoisotopic (exact) mass is 272 g/mol. The molecule has 2 aromatic rings. The Morgan fingerprint density at radius 1 is 1.15 bits per heavy atom. The molecule has 0 N–H and O–H groups in total. The Morgan fingerprint density at radius 2 is 1.90 bits per heavy atom. The molecular formula is C16H16O4. The molecule has 0 aliphatic carbocycles. The van der Waals surface area contributed by atoms with Crippen molar-refractivity contribution in [3.05, 3.63) is 59.5 Å². The second-order valence-electron chi connectivity index (χ2n) is 4.88. The molecule has 0 saturated carbocycles. The quantitative estimate of drug-likeness (QED) is 0.803. The fourth-order valence-corrected chi connectivity index (χ4v) is 2.48. The molecule has 0 bridgehead atoms. The number of carbonyl (C=O) groups excluding carboxylic acids is 1. The van der Waals surface area contributed by atoms with Gasteiger partial charge in [-0.05, 0) is 24.6 Å². The van der Waals surface area contributed by atoms with Crippen LogP contribution in [0.4, 0.5) is 0 Å². The van der Waals surface area contributed by atoms with E-state index < -0.39 is 5.79 Å². The Labute approximate surface area is 117 Å². The van der Waals surface area contributed by atoms with E-state index in [2.05, 4.69) is 0 Å². The van der Waals surface area contributed by atoms with Gasteiger partial charge in [-0.2, -0.15) is 0 Å². The number of ketones is 1. The van der Waals surface area contributed by atoms with Crippen molar-refractivity contribution in [3.8, 4) is 0 Å². The largest absolute Gasteiger partial charge is 0.461 e. The van der Waals surface area contributed by atoms with Crippen molar-refractivity contribution in [2.45, 2.75) is 19.1 Å². The molecule has 0 radical (unpaired) electrons. The number of carbonyl (C=O) groups is 1. The third kappa shape index (κ3) is 2.40. The van der Waals surface area contributed by atoms with E-state index in [0.29, 0.717) is 19.0 Å². The van der Waals surface area contributed by atoms with Crippen molar-refractivity contribution in [1.29, 1.82) is 0 Å². The Hall–Kier alpha value is -1.91. The lowest BCUT2D eigenvalue weighted by molar-refractivity contribution is -0.150. The maximum Gasteiger partial charge on any atom is 0.202 e. The highest BCUT2D eigenvalue weighted by molar-refractivity contribution is 5.95. The van der Waals surface area contributed by atoms with Gasteiger partial charge in [-0.25, -0.2) is 0 Å². The number of hydrogen-bond donors (Lipinski definition) is 0. The van der Waals surface area contributed by atoms with Crippen LogP contribution in [0.2, 0.25) is 0 Å². The smallest absolute Gasteiger partial charge is 0.202 e. The van der Waals surface area contributed by atoms with E-state index in [4.69, 9.17) is 13.9 Å². The molecule has 1 aliphatic rings. The van der Waals surface area contributed by atoms with E-state index in [1.165, 1.54) is 6.26 Å². The van der Waals surface area contributed by atoms with E-state index in [1.54, 1.807) is 12.1 Å². The highest BCUT2D eigenvalue weighted by Crippen LogP contribution is 2.33.